The van der Waals surface area contributed by atoms with Crippen LogP contribution in [0.1, 0.15) is 20.7 Å². The average molecular weight is 423 g/mol. The van der Waals surface area contributed by atoms with Gasteiger partial charge in [-0.15, -0.1) is 23.5 Å². The quantitative estimate of drug-likeness (QED) is 0.521. The van der Waals surface area contributed by atoms with Gasteiger partial charge in [0.1, 0.15) is 0 Å². The largest absolute Gasteiger partial charge is 0.322 e. The number of thioether (sulfide) groups is 2. The number of benzene rings is 3. The molecule has 0 unspecified atom stereocenters. The highest BCUT2D eigenvalue weighted by molar-refractivity contribution is 7.98. The molecule has 0 aromatic heterocycles. The van der Waals surface area contributed by atoms with E-state index in [1.54, 1.807) is 53.7 Å². The molecule has 0 heterocycles. The predicted octanol–water partition coefficient (Wildman–Crippen LogP) is 5.66. The molecule has 4 nitrogen and oxygen atoms in total. The molecule has 0 atom stereocenters. The lowest BCUT2D eigenvalue weighted by Gasteiger charge is -2.18. The van der Waals surface area contributed by atoms with Gasteiger partial charge in [-0.25, -0.2) is 0 Å². The van der Waals surface area contributed by atoms with Crippen LogP contribution in [0.5, 0.6) is 0 Å². The smallest absolute Gasteiger partial charge is 0.258 e. The summed E-state index contributed by atoms with van der Waals surface area (Å²) in [5, 5.41) is 2.90. The molecule has 0 spiro atoms. The Bertz CT molecular complexity index is 1000. The topological polar surface area (TPSA) is 49.4 Å². The third-order valence-electron chi connectivity index (χ3n) is 4.49. The highest BCUT2D eigenvalue weighted by Crippen LogP contribution is 2.22. The minimum absolute atomic E-state index is 0.103. The zero-order chi connectivity index (χ0) is 20.8. The van der Waals surface area contributed by atoms with Crippen LogP contribution in [0.25, 0.3) is 0 Å². The monoisotopic (exact) mass is 422 g/mol. The summed E-state index contributed by atoms with van der Waals surface area (Å²) in [4.78, 5) is 29.1. The molecule has 0 aliphatic carbocycles. The van der Waals surface area contributed by atoms with Crippen LogP contribution >= 0.6 is 23.5 Å². The number of nitrogens with one attached hydrogen (secondary N) is 1. The number of nitrogens with zero attached hydrogens (tertiary/aromatic N) is 1. The summed E-state index contributed by atoms with van der Waals surface area (Å²) in [5.41, 5.74) is 2.55. The van der Waals surface area contributed by atoms with Crippen LogP contribution < -0.4 is 10.2 Å². The summed E-state index contributed by atoms with van der Waals surface area (Å²) in [6.07, 6.45) is 4.00. The molecule has 0 aliphatic heterocycles. The van der Waals surface area contributed by atoms with E-state index in [0.29, 0.717) is 22.5 Å². The zero-order valence-electron chi connectivity index (χ0n) is 16.5. The molecule has 3 rings (SSSR count). The van der Waals surface area contributed by atoms with Crippen molar-refractivity contribution in [1.29, 1.82) is 0 Å². The maximum atomic E-state index is 12.8. The van der Waals surface area contributed by atoms with Gasteiger partial charge in [-0.05, 0) is 79.2 Å². The van der Waals surface area contributed by atoms with E-state index < -0.39 is 0 Å². The first-order chi connectivity index (χ1) is 14.0. The summed E-state index contributed by atoms with van der Waals surface area (Å²) in [5.74, 6) is -0.287. The Kier molecular flexibility index (Phi) is 7.01. The molecule has 6 heteroatoms. The molecule has 29 heavy (non-hydrogen) atoms. The molecule has 0 bridgehead atoms. The summed E-state index contributed by atoms with van der Waals surface area (Å²) in [6, 6.07) is 22.2. The summed E-state index contributed by atoms with van der Waals surface area (Å²) < 4.78 is 0. The van der Waals surface area contributed by atoms with Crippen molar-refractivity contribution in [2.75, 3.05) is 29.8 Å². The van der Waals surface area contributed by atoms with Crippen molar-refractivity contribution < 1.29 is 9.59 Å². The third-order valence-corrected chi connectivity index (χ3v) is 5.97. The third kappa shape index (κ3) is 5.22. The molecule has 0 fully saturated rings. The average Bonchev–Trinajstić information content (AvgIpc) is 2.78. The van der Waals surface area contributed by atoms with Crippen molar-refractivity contribution in [2.45, 2.75) is 9.79 Å². The number of carbonyl (C=O) groups is 2. The number of hydrogen-bond acceptors (Lipinski definition) is 4. The molecule has 0 aliphatic rings. The van der Waals surface area contributed by atoms with Gasteiger partial charge < -0.3 is 10.2 Å². The Hall–Kier alpha value is -2.70. The normalized spacial score (nSPS) is 10.4. The number of rotatable bonds is 6. The Balaban J connectivity index is 1.73. The van der Waals surface area contributed by atoms with Crippen LogP contribution in [-0.4, -0.2) is 31.4 Å². The first kappa shape index (κ1) is 21.0. The maximum absolute atomic E-state index is 12.8. The fourth-order valence-corrected chi connectivity index (χ4v) is 3.60. The second kappa shape index (κ2) is 9.67. The van der Waals surface area contributed by atoms with Crippen molar-refractivity contribution in [1.82, 2.24) is 0 Å². The molecule has 3 aromatic carbocycles. The van der Waals surface area contributed by atoms with E-state index in [9.17, 15) is 9.59 Å². The van der Waals surface area contributed by atoms with Gasteiger partial charge in [0.15, 0.2) is 0 Å². The van der Waals surface area contributed by atoms with Crippen LogP contribution in [0.2, 0.25) is 0 Å². The van der Waals surface area contributed by atoms with Crippen molar-refractivity contribution in [2.24, 2.45) is 0 Å². The molecule has 148 valence electrons. The van der Waals surface area contributed by atoms with Crippen molar-refractivity contribution in [3.05, 3.63) is 83.9 Å². The molecular weight excluding hydrogens is 400 g/mol. The molecular formula is C23H22N2O2S2. The highest BCUT2D eigenvalue weighted by Gasteiger charge is 2.14. The Morgan fingerprint density at radius 1 is 0.793 bits per heavy atom. The van der Waals surface area contributed by atoms with E-state index in [1.165, 1.54) is 0 Å². The van der Waals surface area contributed by atoms with Crippen LogP contribution in [0.3, 0.4) is 0 Å². The SMILES string of the molecule is CSc1ccc(C(=O)Nc2cccc(N(C)C(=O)c3ccc(SC)cc3)c2)cc1. The standard InChI is InChI=1S/C23H22N2O2S2/c1-25(23(27)17-9-13-21(29-3)14-10-17)19-6-4-5-18(15-19)24-22(26)16-7-11-20(28-2)12-8-16/h4-15H,1-3H3,(H,24,26). The van der Waals surface area contributed by atoms with Crippen molar-refractivity contribution in [3.8, 4) is 0 Å². The lowest BCUT2D eigenvalue weighted by atomic mass is 10.1. The Morgan fingerprint density at radius 3 is 1.90 bits per heavy atom. The fourth-order valence-electron chi connectivity index (χ4n) is 2.78. The minimum atomic E-state index is -0.184. The van der Waals surface area contributed by atoms with Crippen molar-refractivity contribution >= 4 is 46.7 Å². The predicted molar refractivity (Wildman–Crippen MR) is 124 cm³/mol. The Morgan fingerprint density at radius 2 is 1.34 bits per heavy atom. The Labute approximate surface area is 179 Å². The molecule has 2 amide bonds. The first-order valence-corrected chi connectivity index (χ1v) is 11.4. The highest BCUT2D eigenvalue weighted by atomic mass is 32.2. The van der Waals surface area contributed by atoms with Gasteiger partial charge in [-0.2, -0.15) is 0 Å². The number of carbonyl (C=O) groups excluding carboxylic acids is 2. The van der Waals surface area contributed by atoms with Crippen LogP contribution in [0.4, 0.5) is 11.4 Å². The number of amides is 2. The van der Waals surface area contributed by atoms with Gasteiger partial charge >= 0.3 is 0 Å². The van der Waals surface area contributed by atoms with E-state index >= 15 is 0 Å². The molecule has 0 saturated carbocycles. The fraction of sp³-hybridized carbons (Fsp3) is 0.130. The van der Waals surface area contributed by atoms with Gasteiger partial charge in [0.05, 0.1) is 0 Å². The second-order valence-corrected chi connectivity index (χ2v) is 8.08. The van der Waals surface area contributed by atoms with Gasteiger partial charge in [-0.3, -0.25) is 9.59 Å². The number of anilines is 2. The molecule has 3 aromatic rings. The molecule has 1 N–H and O–H groups in total. The van der Waals surface area contributed by atoms with Crippen LogP contribution in [0.15, 0.2) is 82.6 Å². The number of hydrogen-bond donors (Lipinski definition) is 1. The van der Waals surface area contributed by atoms with E-state index in [0.717, 1.165) is 9.79 Å². The van der Waals surface area contributed by atoms with Gasteiger partial charge in [0.2, 0.25) is 0 Å². The lowest BCUT2D eigenvalue weighted by Crippen LogP contribution is -2.26. The van der Waals surface area contributed by atoms with Crippen molar-refractivity contribution in [3.63, 3.8) is 0 Å². The summed E-state index contributed by atoms with van der Waals surface area (Å²) in [6.45, 7) is 0. The molecule has 0 radical (unpaired) electrons. The van der Waals surface area contributed by atoms with E-state index in [-0.39, 0.29) is 11.8 Å². The van der Waals surface area contributed by atoms with Crippen LogP contribution in [-0.2, 0) is 0 Å². The summed E-state index contributed by atoms with van der Waals surface area (Å²) >= 11 is 3.27. The first-order valence-electron chi connectivity index (χ1n) is 8.99. The van der Waals surface area contributed by atoms with E-state index in [2.05, 4.69) is 5.32 Å². The van der Waals surface area contributed by atoms with Gasteiger partial charge in [-0.1, -0.05) is 6.07 Å². The van der Waals surface area contributed by atoms with E-state index in [1.807, 2.05) is 67.1 Å². The molecule has 0 saturated heterocycles. The maximum Gasteiger partial charge on any atom is 0.258 e. The summed E-state index contributed by atoms with van der Waals surface area (Å²) in [7, 11) is 1.73. The van der Waals surface area contributed by atoms with Gasteiger partial charge in [0, 0.05) is 39.3 Å². The van der Waals surface area contributed by atoms with Crippen LogP contribution in [0, 0.1) is 0 Å². The van der Waals surface area contributed by atoms with Gasteiger partial charge in [0.25, 0.3) is 11.8 Å². The lowest BCUT2D eigenvalue weighted by molar-refractivity contribution is 0.0991. The van der Waals surface area contributed by atoms with E-state index in [4.69, 9.17) is 0 Å². The second-order valence-electron chi connectivity index (χ2n) is 6.33. The zero-order valence-corrected chi connectivity index (χ0v) is 18.1. The minimum Gasteiger partial charge on any atom is -0.322 e.